The van der Waals surface area contributed by atoms with Crippen molar-refractivity contribution in [2.75, 3.05) is 13.2 Å². The second-order valence-corrected chi connectivity index (χ2v) is 5.22. The standard InChI is InChI=1S/C16H24F2N2O2.ClH/c1-3-16(4-2,11-19)15(21)20-9-12-6-5-7-13(8-12)22-10-14(17)18;/h5-8,14H,3-4,9-11,19H2,1-2H3,(H,20,21);1H. The third-order valence-corrected chi connectivity index (χ3v) is 3.95. The van der Waals surface area contributed by atoms with Gasteiger partial charge in [-0.2, -0.15) is 0 Å². The van der Waals surface area contributed by atoms with Gasteiger partial charge in [0.25, 0.3) is 6.43 Å². The molecule has 23 heavy (non-hydrogen) atoms. The van der Waals surface area contributed by atoms with E-state index < -0.39 is 18.4 Å². The first kappa shape index (κ1) is 21.6. The first-order valence-electron chi connectivity index (χ1n) is 7.45. The number of carbonyl (C=O) groups is 1. The SMILES string of the molecule is CCC(CC)(CN)C(=O)NCc1cccc(OCC(F)F)c1.Cl. The van der Waals surface area contributed by atoms with E-state index in [2.05, 4.69) is 5.32 Å². The van der Waals surface area contributed by atoms with Gasteiger partial charge in [0.1, 0.15) is 12.4 Å². The zero-order valence-corrected chi connectivity index (χ0v) is 14.3. The van der Waals surface area contributed by atoms with Crippen molar-refractivity contribution in [1.82, 2.24) is 5.32 Å². The van der Waals surface area contributed by atoms with Gasteiger partial charge in [-0.1, -0.05) is 26.0 Å². The summed E-state index contributed by atoms with van der Waals surface area (Å²) in [6, 6.07) is 6.76. The van der Waals surface area contributed by atoms with Crippen LogP contribution in [-0.2, 0) is 11.3 Å². The molecule has 0 aromatic heterocycles. The summed E-state index contributed by atoms with van der Waals surface area (Å²) in [4.78, 5) is 12.3. The van der Waals surface area contributed by atoms with Crippen LogP contribution in [0.15, 0.2) is 24.3 Å². The van der Waals surface area contributed by atoms with E-state index in [1.807, 2.05) is 13.8 Å². The van der Waals surface area contributed by atoms with E-state index >= 15 is 0 Å². The van der Waals surface area contributed by atoms with Crippen LogP contribution in [0.2, 0.25) is 0 Å². The van der Waals surface area contributed by atoms with Crippen molar-refractivity contribution < 1.29 is 18.3 Å². The van der Waals surface area contributed by atoms with Gasteiger partial charge in [0.2, 0.25) is 5.91 Å². The highest BCUT2D eigenvalue weighted by molar-refractivity contribution is 5.85. The Morgan fingerprint density at radius 2 is 2.00 bits per heavy atom. The number of hydrogen-bond acceptors (Lipinski definition) is 3. The molecule has 1 rings (SSSR count). The molecule has 3 N–H and O–H groups in total. The van der Waals surface area contributed by atoms with Gasteiger partial charge < -0.3 is 15.8 Å². The molecule has 0 aliphatic heterocycles. The fourth-order valence-corrected chi connectivity index (χ4v) is 2.23. The minimum absolute atomic E-state index is 0. The molecule has 132 valence electrons. The molecule has 4 nitrogen and oxygen atoms in total. The predicted molar refractivity (Wildman–Crippen MR) is 89.1 cm³/mol. The van der Waals surface area contributed by atoms with Crippen molar-refractivity contribution in [2.24, 2.45) is 11.1 Å². The van der Waals surface area contributed by atoms with Crippen LogP contribution in [0.4, 0.5) is 8.78 Å². The summed E-state index contributed by atoms with van der Waals surface area (Å²) < 4.78 is 29.2. The number of carbonyl (C=O) groups excluding carboxylic acids is 1. The fraction of sp³-hybridized carbons (Fsp3) is 0.562. The Hall–Kier alpha value is -1.40. The molecular formula is C16H25ClF2N2O2. The van der Waals surface area contributed by atoms with Crippen LogP contribution in [0.25, 0.3) is 0 Å². The Kier molecular flexibility index (Phi) is 9.76. The summed E-state index contributed by atoms with van der Waals surface area (Å²) >= 11 is 0. The lowest BCUT2D eigenvalue weighted by molar-refractivity contribution is -0.131. The molecule has 0 bridgehead atoms. The molecule has 0 radical (unpaired) electrons. The van der Waals surface area contributed by atoms with E-state index in [9.17, 15) is 13.6 Å². The van der Waals surface area contributed by atoms with E-state index in [1.54, 1.807) is 24.3 Å². The molecule has 0 saturated carbocycles. The van der Waals surface area contributed by atoms with Gasteiger partial charge in [0.05, 0.1) is 5.41 Å². The molecule has 0 aliphatic carbocycles. The zero-order chi connectivity index (χ0) is 16.6. The Bertz CT molecular complexity index is 475. The molecule has 7 heteroatoms. The molecule has 0 aliphatic rings. The summed E-state index contributed by atoms with van der Waals surface area (Å²) in [6.45, 7) is 3.84. The molecule has 1 aromatic carbocycles. The van der Waals surface area contributed by atoms with Gasteiger partial charge in [0, 0.05) is 13.1 Å². The van der Waals surface area contributed by atoms with Crippen LogP contribution in [0, 0.1) is 5.41 Å². The number of rotatable bonds is 9. The first-order chi connectivity index (χ1) is 10.5. The third-order valence-electron chi connectivity index (χ3n) is 3.95. The summed E-state index contributed by atoms with van der Waals surface area (Å²) in [7, 11) is 0. The minimum Gasteiger partial charge on any atom is -0.488 e. The van der Waals surface area contributed by atoms with Crippen LogP contribution in [-0.4, -0.2) is 25.5 Å². The van der Waals surface area contributed by atoms with Gasteiger partial charge in [-0.25, -0.2) is 8.78 Å². The van der Waals surface area contributed by atoms with Crippen molar-refractivity contribution in [3.05, 3.63) is 29.8 Å². The van der Waals surface area contributed by atoms with Gasteiger partial charge in [0.15, 0.2) is 0 Å². The first-order valence-corrected chi connectivity index (χ1v) is 7.45. The van der Waals surface area contributed by atoms with Crippen LogP contribution in [0.1, 0.15) is 32.3 Å². The summed E-state index contributed by atoms with van der Waals surface area (Å²) in [5, 5.41) is 2.86. The van der Waals surface area contributed by atoms with E-state index in [4.69, 9.17) is 10.5 Å². The number of halogens is 3. The number of nitrogens with two attached hydrogens (primary N) is 1. The van der Waals surface area contributed by atoms with Crippen LogP contribution >= 0.6 is 12.4 Å². The average molecular weight is 351 g/mol. The Labute approximate surface area is 142 Å². The Morgan fingerprint density at radius 1 is 1.35 bits per heavy atom. The van der Waals surface area contributed by atoms with Crippen molar-refractivity contribution >= 4 is 18.3 Å². The monoisotopic (exact) mass is 350 g/mol. The van der Waals surface area contributed by atoms with Crippen LogP contribution in [0.5, 0.6) is 5.75 Å². The third kappa shape index (κ3) is 6.31. The molecular weight excluding hydrogens is 326 g/mol. The normalized spacial score (nSPS) is 11.0. The predicted octanol–water partition coefficient (Wildman–Crippen LogP) is 3.13. The van der Waals surface area contributed by atoms with Crippen LogP contribution < -0.4 is 15.8 Å². The lowest BCUT2D eigenvalue weighted by atomic mass is 9.81. The fourth-order valence-electron chi connectivity index (χ4n) is 2.23. The highest BCUT2D eigenvalue weighted by Crippen LogP contribution is 2.25. The van der Waals surface area contributed by atoms with E-state index in [-0.39, 0.29) is 18.3 Å². The molecule has 0 heterocycles. The van der Waals surface area contributed by atoms with E-state index in [1.165, 1.54) is 0 Å². The molecule has 0 spiro atoms. The van der Waals surface area contributed by atoms with Crippen molar-refractivity contribution in [1.29, 1.82) is 0 Å². The second-order valence-electron chi connectivity index (χ2n) is 5.22. The number of alkyl halides is 2. The summed E-state index contributed by atoms with van der Waals surface area (Å²) in [5.41, 5.74) is 5.98. The quantitative estimate of drug-likeness (QED) is 0.719. The number of ether oxygens (including phenoxy) is 1. The minimum atomic E-state index is -2.51. The lowest BCUT2D eigenvalue weighted by Crippen LogP contribution is -2.45. The van der Waals surface area contributed by atoms with Crippen molar-refractivity contribution in [3.8, 4) is 5.75 Å². The summed E-state index contributed by atoms with van der Waals surface area (Å²) in [5.74, 6) is 0.280. The highest BCUT2D eigenvalue weighted by atomic mass is 35.5. The highest BCUT2D eigenvalue weighted by Gasteiger charge is 2.32. The molecule has 1 aromatic rings. The number of hydrogen-bond donors (Lipinski definition) is 2. The number of benzene rings is 1. The van der Waals surface area contributed by atoms with E-state index in [0.717, 1.165) is 5.56 Å². The number of nitrogens with one attached hydrogen (secondary N) is 1. The number of amides is 1. The summed E-state index contributed by atoms with van der Waals surface area (Å²) in [6.07, 6.45) is -1.17. The molecule has 0 unspecified atom stereocenters. The Balaban J connectivity index is 0.00000484. The lowest BCUT2D eigenvalue weighted by Gasteiger charge is -2.28. The maximum absolute atomic E-state index is 12.3. The Morgan fingerprint density at radius 3 is 2.52 bits per heavy atom. The van der Waals surface area contributed by atoms with Gasteiger partial charge in [-0.05, 0) is 30.5 Å². The van der Waals surface area contributed by atoms with Crippen molar-refractivity contribution in [2.45, 2.75) is 39.7 Å². The molecule has 0 fully saturated rings. The van der Waals surface area contributed by atoms with Crippen molar-refractivity contribution in [3.63, 3.8) is 0 Å². The van der Waals surface area contributed by atoms with E-state index in [0.29, 0.717) is 31.7 Å². The van der Waals surface area contributed by atoms with Gasteiger partial charge in [-0.15, -0.1) is 12.4 Å². The van der Waals surface area contributed by atoms with Gasteiger partial charge in [-0.3, -0.25) is 4.79 Å². The molecule has 1 amide bonds. The largest absolute Gasteiger partial charge is 0.488 e. The molecule has 0 atom stereocenters. The maximum Gasteiger partial charge on any atom is 0.272 e. The second kappa shape index (κ2) is 10.4. The average Bonchev–Trinajstić information content (AvgIpc) is 2.53. The molecule has 0 saturated heterocycles. The topological polar surface area (TPSA) is 64.4 Å². The maximum atomic E-state index is 12.3. The van der Waals surface area contributed by atoms with Gasteiger partial charge >= 0.3 is 0 Å². The zero-order valence-electron chi connectivity index (χ0n) is 13.5. The van der Waals surface area contributed by atoms with Crippen LogP contribution in [0.3, 0.4) is 0 Å². The smallest absolute Gasteiger partial charge is 0.272 e.